The number of guanidine groups is 1. The Morgan fingerprint density at radius 3 is 2.45 bits per heavy atom. The molecule has 1 aliphatic heterocycles. The highest BCUT2D eigenvalue weighted by atomic mass is 127. The minimum Gasteiger partial charge on any atom is -0.356 e. The lowest BCUT2D eigenvalue weighted by Gasteiger charge is -2.37. The van der Waals surface area contributed by atoms with E-state index in [-0.39, 0.29) is 35.1 Å². The minimum absolute atomic E-state index is 0. The number of hydrogen-bond acceptors (Lipinski definition) is 4. The maximum absolute atomic E-state index is 11.4. The monoisotopic (exact) mass is 556 g/mol. The molecule has 2 rings (SSSR count). The van der Waals surface area contributed by atoms with Crippen LogP contribution in [0.4, 0.5) is 0 Å². The van der Waals surface area contributed by atoms with Crippen LogP contribution in [0.2, 0.25) is 5.02 Å². The molecule has 166 valence electrons. The van der Waals surface area contributed by atoms with Gasteiger partial charge < -0.3 is 10.2 Å². The van der Waals surface area contributed by atoms with Crippen molar-refractivity contribution in [2.75, 3.05) is 51.8 Å². The molecule has 1 saturated heterocycles. The topological polar surface area (TPSA) is 65.0 Å². The lowest BCUT2D eigenvalue weighted by atomic mass is 9.90. The average molecular weight is 557 g/mol. The summed E-state index contributed by atoms with van der Waals surface area (Å²) < 4.78 is 22.9. The van der Waals surface area contributed by atoms with Gasteiger partial charge in [0.2, 0.25) is 0 Å². The maximum atomic E-state index is 11.4. The fraction of sp³-hybridized carbons (Fsp3) is 0.650. The summed E-state index contributed by atoms with van der Waals surface area (Å²) in [4.78, 5) is 9.11. The van der Waals surface area contributed by atoms with Crippen LogP contribution < -0.4 is 5.32 Å². The molecule has 29 heavy (non-hydrogen) atoms. The molecule has 0 bridgehead atoms. The number of benzene rings is 1. The first-order valence-corrected chi connectivity index (χ1v) is 12.1. The van der Waals surface area contributed by atoms with Gasteiger partial charge in [-0.15, -0.1) is 24.0 Å². The van der Waals surface area contributed by atoms with Crippen molar-refractivity contribution in [3.63, 3.8) is 0 Å². The van der Waals surface area contributed by atoms with Crippen molar-refractivity contribution < 1.29 is 8.42 Å². The first-order valence-electron chi connectivity index (χ1n) is 9.68. The van der Waals surface area contributed by atoms with E-state index in [1.807, 2.05) is 18.2 Å². The van der Waals surface area contributed by atoms with E-state index in [2.05, 4.69) is 40.0 Å². The van der Waals surface area contributed by atoms with Gasteiger partial charge in [0.15, 0.2) is 5.96 Å². The van der Waals surface area contributed by atoms with Crippen LogP contribution in [0.15, 0.2) is 29.3 Å². The van der Waals surface area contributed by atoms with E-state index >= 15 is 0 Å². The van der Waals surface area contributed by atoms with Crippen molar-refractivity contribution in [1.82, 2.24) is 15.1 Å². The largest absolute Gasteiger partial charge is 0.356 e. The highest BCUT2D eigenvalue weighted by Crippen LogP contribution is 2.20. The summed E-state index contributed by atoms with van der Waals surface area (Å²) in [7, 11) is -1.14. The van der Waals surface area contributed by atoms with Gasteiger partial charge in [0, 0.05) is 57.6 Å². The molecule has 0 unspecified atom stereocenters. The smallest absolute Gasteiger partial charge is 0.193 e. The quantitative estimate of drug-likeness (QED) is 0.318. The Labute approximate surface area is 198 Å². The summed E-state index contributed by atoms with van der Waals surface area (Å²) in [5.41, 5.74) is 1.11. The van der Waals surface area contributed by atoms with Crippen LogP contribution in [0.3, 0.4) is 0 Å². The van der Waals surface area contributed by atoms with E-state index in [0.717, 1.165) is 43.7 Å². The van der Waals surface area contributed by atoms with Crippen molar-refractivity contribution in [1.29, 1.82) is 0 Å². The Hall–Kier alpha value is -0.580. The third kappa shape index (κ3) is 9.85. The van der Waals surface area contributed by atoms with Gasteiger partial charge in [-0.05, 0) is 29.5 Å². The summed E-state index contributed by atoms with van der Waals surface area (Å²) in [6.45, 7) is 9.50. The van der Waals surface area contributed by atoms with Gasteiger partial charge in [-0.1, -0.05) is 37.6 Å². The second kappa shape index (κ2) is 11.7. The van der Waals surface area contributed by atoms with Crippen LogP contribution in [0, 0.1) is 5.41 Å². The molecular formula is C20H34ClIN4O2S. The molecule has 1 N–H and O–H groups in total. The zero-order valence-corrected chi connectivity index (χ0v) is 21.7. The van der Waals surface area contributed by atoms with E-state index in [1.54, 1.807) is 7.05 Å². The van der Waals surface area contributed by atoms with E-state index < -0.39 is 9.84 Å². The second-order valence-corrected chi connectivity index (χ2v) is 11.0. The number of nitrogens with one attached hydrogen (secondary N) is 1. The number of rotatable bonds is 7. The second-order valence-electron chi connectivity index (χ2n) is 8.34. The Balaban J connectivity index is 0.00000420. The van der Waals surface area contributed by atoms with Crippen molar-refractivity contribution >= 4 is 51.4 Å². The molecule has 0 saturated carbocycles. The van der Waals surface area contributed by atoms with Crippen LogP contribution in [0.5, 0.6) is 0 Å². The SMILES string of the molecule is CN=C(NCC(C)(C)CCS(C)(=O)=O)N1CCN(Cc2cccc(Cl)c2)CC1.I. The highest BCUT2D eigenvalue weighted by molar-refractivity contribution is 14.0. The summed E-state index contributed by atoms with van der Waals surface area (Å²) in [5, 5.41) is 4.21. The number of hydrogen-bond donors (Lipinski definition) is 1. The van der Waals surface area contributed by atoms with E-state index in [1.165, 1.54) is 11.8 Å². The van der Waals surface area contributed by atoms with Crippen LogP contribution in [-0.4, -0.2) is 76.0 Å². The number of sulfone groups is 1. The molecule has 0 atom stereocenters. The third-order valence-electron chi connectivity index (χ3n) is 5.05. The molecule has 0 radical (unpaired) electrons. The normalized spacial score (nSPS) is 16.4. The van der Waals surface area contributed by atoms with Crippen molar-refractivity contribution in [3.05, 3.63) is 34.9 Å². The lowest BCUT2D eigenvalue weighted by molar-refractivity contribution is 0.171. The molecule has 0 aliphatic carbocycles. The van der Waals surface area contributed by atoms with Gasteiger partial charge in [-0.25, -0.2) is 8.42 Å². The van der Waals surface area contributed by atoms with Crippen molar-refractivity contribution in [3.8, 4) is 0 Å². The minimum atomic E-state index is -2.94. The zero-order chi connectivity index (χ0) is 20.8. The van der Waals surface area contributed by atoms with Gasteiger partial charge in [-0.2, -0.15) is 0 Å². The molecule has 1 aromatic rings. The fourth-order valence-corrected chi connectivity index (χ4v) is 4.35. The van der Waals surface area contributed by atoms with E-state index in [9.17, 15) is 8.42 Å². The molecule has 1 aromatic carbocycles. The number of aliphatic imine (C=N–C) groups is 1. The summed E-state index contributed by atoms with van der Waals surface area (Å²) in [6.07, 6.45) is 1.92. The predicted octanol–water partition coefficient (Wildman–Crippen LogP) is 3.11. The molecule has 0 aromatic heterocycles. The van der Waals surface area contributed by atoms with Gasteiger partial charge in [0.25, 0.3) is 0 Å². The summed E-state index contributed by atoms with van der Waals surface area (Å²) in [5.74, 6) is 1.09. The van der Waals surface area contributed by atoms with Crippen molar-refractivity contribution in [2.24, 2.45) is 10.4 Å². The molecule has 0 amide bonds. The Bertz CT molecular complexity index is 778. The van der Waals surface area contributed by atoms with E-state index in [4.69, 9.17) is 11.6 Å². The molecule has 1 aliphatic rings. The number of nitrogens with zero attached hydrogens (tertiary/aromatic N) is 3. The Morgan fingerprint density at radius 2 is 1.90 bits per heavy atom. The highest BCUT2D eigenvalue weighted by Gasteiger charge is 2.24. The first kappa shape index (κ1) is 26.5. The molecule has 6 nitrogen and oxygen atoms in total. The van der Waals surface area contributed by atoms with Gasteiger partial charge in [0.05, 0.1) is 5.75 Å². The van der Waals surface area contributed by atoms with Crippen molar-refractivity contribution in [2.45, 2.75) is 26.8 Å². The third-order valence-corrected chi connectivity index (χ3v) is 6.23. The fourth-order valence-electron chi connectivity index (χ4n) is 3.21. The van der Waals surface area contributed by atoms with Gasteiger partial charge >= 0.3 is 0 Å². The van der Waals surface area contributed by atoms with Crippen LogP contribution in [-0.2, 0) is 16.4 Å². The Morgan fingerprint density at radius 1 is 1.24 bits per heavy atom. The molecule has 9 heteroatoms. The van der Waals surface area contributed by atoms with Gasteiger partial charge in [0.1, 0.15) is 9.84 Å². The van der Waals surface area contributed by atoms with E-state index in [0.29, 0.717) is 13.0 Å². The zero-order valence-electron chi connectivity index (χ0n) is 17.8. The van der Waals surface area contributed by atoms with Crippen LogP contribution >= 0.6 is 35.6 Å². The predicted molar refractivity (Wildman–Crippen MR) is 133 cm³/mol. The number of piperazine rings is 1. The molecular weight excluding hydrogens is 523 g/mol. The van der Waals surface area contributed by atoms with Gasteiger partial charge in [-0.3, -0.25) is 9.89 Å². The molecule has 1 heterocycles. The summed E-state index contributed by atoms with van der Waals surface area (Å²) in [6, 6.07) is 8.02. The molecule has 0 spiro atoms. The Kier molecular flexibility index (Phi) is 10.7. The van der Waals surface area contributed by atoms with Crippen LogP contribution in [0.25, 0.3) is 0 Å². The lowest BCUT2D eigenvalue weighted by Crippen LogP contribution is -2.53. The molecule has 1 fully saturated rings. The summed E-state index contributed by atoms with van der Waals surface area (Å²) >= 11 is 6.08. The maximum Gasteiger partial charge on any atom is 0.193 e. The average Bonchev–Trinajstić information content (AvgIpc) is 2.61. The standard InChI is InChI=1S/C20H33ClN4O2S.HI/c1-20(2,8-13-28(4,26)27)16-23-19(22-3)25-11-9-24(10-12-25)15-17-6-5-7-18(21)14-17;/h5-7,14H,8-13,15-16H2,1-4H3,(H,22,23);1H. The van der Waals surface area contributed by atoms with Crippen LogP contribution in [0.1, 0.15) is 25.8 Å². The first-order chi connectivity index (χ1) is 13.1. The number of halogens is 2.